The molecular weight excluding hydrogens is 231 g/mol. The molecule has 5 heteroatoms. The van der Waals surface area contributed by atoms with E-state index in [1.807, 2.05) is 6.92 Å². The van der Waals surface area contributed by atoms with Crippen molar-refractivity contribution in [3.8, 4) is 0 Å². The molecule has 0 radical (unpaired) electrons. The molecule has 0 aromatic heterocycles. The maximum atomic E-state index is 12.6. The van der Waals surface area contributed by atoms with E-state index in [1.165, 1.54) is 0 Å². The zero-order chi connectivity index (χ0) is 13.3. The van der Waals surface area contributed by atoms with Gasteiger partial charge < -0.3 is 5.32 Å². The van der Waals surface area contributed by atoms with Crippen LogP contribution in [0.25, 0.3) is 0 Å². The number of aryl methyl sites for hydroxylation is 1. The zero-order valence-corrected chi connectivity index (χ0v) is 9.85. The smallest absolute Gasteiger partial charge is 0.325 e. The summed E-state index contributed by atoms with van der Waals surface area (Å²) in [5, 5.41) is 2.26. The van der Waals surface area contributed by atoms with E-state index in [2.05, 4.69) is 5.32 Å². The van der Waals surface area contributed by atoms with Crippen LogP contribution in [0.2, 0.25) is 0 Å². The summed E-state index contributed by atoms with van der Waals surface area (Å²) in [5.41, 5.74) is -1.08. The summed E-state index contributed by atoms with van der Waals surface area (Å²) in [6, 6.07) is 6.58. The Morgan fingerprint density at radius 3 is 2.00 bits per heavy atom. The number of amides is 1. The van der Waals surface area contributed by atoms with Crippen LogP contribution in [-0.2, 0) is 4.79 Å². The van der Waals surface area contributed by atoms with Crippen molar-refractivity contribution < 1.29 is 18.0 Å². The van der Waals surface area contributed by atoms with Crippen LogP contribution in [0.1, 0.15) is 19.4 Å². The quantitative estimate of drug-likeness (QED) is 0.848. The third-order valence-corrected chi connectivity index (χ3v) is 2.59. The minimum atomic E-state index is -4.57. The molecule has 2 nitrogen and oxygen atoms in total. The van der Waals surface area contributed by atoms with Gasteiger partial charge in [0.25, 0.3) is 0 Å². The van der Waals surface area contributed by atoms with Crippen molar-refractivity contribution in [3.63, 3.8) is 0 Å². The second kappa shape index (κ2) is 4.39. The molecule has 0 aliphatic heterocycles. The minimum Gasteiger partial charge on any atom is -0.325 e. The van der Waals surface area contributed by atoms with E-state index in [1.54, 1.807) is 24.3 Å². The highest BCUT2D eigenvalue weighted by Crippen LogP contribution is 2.38. The van der Waals surface area contributed by atoms with Gasteiger partial charge in [0.1, 0.15) is 5.41 Å². The minimum absolute atomic E-state index is 0.359. The van der Waals surface area contributed by atoms with Crippen LogP contribution in [0.5, 0.6) is 0 Å². The van der Waals surface area contributed by atoms with E-state index in [0.29, 0.717) is 5.69 Å². The summed E-state index contributed by atoms with van der Waals surface area (Å²) >= 11 is 0. The summed E-state index contributed by atoms with van der Waals surface area (Å²) < 4.78 is 37.8. The molecule has 0 fully saturated rings. The predicted octanol–water partition coefficient (Wildman–Crippen LogP) is 3.52. The highest BCUT2D eigenvalue weighted by molar-refractivity contribution is 5.95. The fourth-order valence-corrected chi connectivity index (χ4v) is 1.05. The van der Waals surface area contributed by atoms with Crippen LogP contribution in [0.3, 0.4) is 0 Å². The second-order valence-electron chi connectivity index (χ2n) is 4.44. The Balaban J connectivity index is 2.83. The Kier molecular flexibility index (Phi) is 3.50. The van der Waals surface area contributed by atoms with Gasteiger partial charge in [-0.1, -0.05) is 17.7 Å². The Bertz CT molecular complexity index is 407. The highest BCUT2D eigenvalue weighted by Gasteiger charge is 2.52. The Morgan fingerprint density at radius 2 is 1.59 bits per heavy atom. The lowest BCUT2D eigenvalue weighted by molar-refractivity contribution is -0.208. The first-order valence-electron chi connectivity index (χ1n) is 5.09. The van der Waals surface area contributed by atoms with Gasteiger partial charge in [0.05, 0.1) is 0 Å². The van der Waals surface area contributed by atoms with Gasteiger partial charge in [-0.25, -0.2) is 0 Å². The summed E-state index contributed by atoms with van der Waals surface area (Å²) in [5.74, 6) is -1.06. The van der Waals surface area contributed by atoms with Gasteiger partial charge in [-0.05, 0) is 32.9 Å². The first-order valence-corrected chi connectivity index (χ1v) is 5.09. The van der Waals surface area contributed by atoms with E-state index >= 15 is 0 Å². The van der Waals surface area contributed by atoms with E-state index in [0.717, 1.165) is 19.4 Å². The largest absolute Gasteiger partial charge is 0.402 e. The van der Waals surface area contributed by atoms with E-state index in [-0.39, 0.29) is 0 Å². The molecule has 1 amide bonds. The van der Waals surface area contributed by atoms with Crippen molar-refractivity contribution in [2.45, 2.75) is 26.9 Å². The Labute approximate surface area is 97.8 Å². The van der Waals surface area contributed by atoms with E-state index in [9.17, 15) is 18.0 Å². The topological polar surface area (TPSA) is 29.1 Å². The van der Waals surface area contributed by atoms with E-state index < -0.39 is 17.5 Å². The lowest BCUT2D eigenvalue weighted by Gasteiger charge is -2.26. The van der Waals surface area contributed by atoms with Gasteiger partial charge in [0, 0.05) is 5.69 Å². The molecule has 1 aromatic carbocycles. The molecule has 17 heavy (non-hydrogen) atoms. The van der Waals surface area contributed by atoms with Gasteiger partial charge in [-0.2, -0.15) is 13.2 Å². The number of rotatable bonds is 2. The number of nitrogens with one attached hydrogen (secondary N) is 1. The van der Waals surface area contributed by atoms with Gasteiger partial charge in [-0.3, -0.25) is 4.79 Å². The van der Waals surface area contributed by atoms with Crippen LogP contribution < -0.4 is 5.32 Å². The van der Waals surface area contributed by atoms with Crippen LogP contribution in [-0.4, -0.2) is 12.1 Å². The first-order chi connectivity index (χ1) is 7.64. The molecule has 0 unspecified atom stereocenters. The van der Waals surface area contributed by atoms with Crippen molar-refractivity contribution in [2.24, 2.45) is 5.41 Å². The molecule has 0 atom stereocenters. The molecule has 0 saturated heterocycles. The lowest BCUT2D eigenvalue weighted by atomic mass is 9.91. The second-order valence-corrected chi connectivity index (χ2v) is 4.44. The molecule has 0 saturated carbocycles. The predicted molar refractivity (Wildman–Crippen MR) is 59.6 cm³/mol. The molecule has 0 bridgehead atoms. The molecular formula is C12H14F3NO. The molecule has 0 spiro atoms. The number of carbonyl (C=O) groups is 1. The van der Waals surface area contributed by atoms with Gasteiger partial charge in [0.2, 0.25) is 5.91 Å². The summed E-state index contributed by atoms with van der Waals surface area (Å²) in [7, 11) is 0. The molecule has 0 aliphatic rings. The molecule has 0 heterocycles. The SMILES string of the molecule is Cc1ccc(NC(=O)C(C)(C)C(F)(F)F)cc1. The average Bonchev–Trinajstić information content (AvgIpc) is 2.19. The molecule has 1 rings (SSSR count). The van der Waals surface area contributed by atoms with Crippen molar-refractivity contribution in [1.82, 2.24) is 0 Å². The maximum absolute atomic E-state index is 12.6. The van der Waals surface area contributed by atoms with Gasteiger partial charge >= 0.3 is 6.18 Å². The van der Waals surface area contributed by atoms with Crippen LogP contribution >= 0.6 is 0 Å². The highest BCUT2D eigenvalue weighted by atomic mass is 19.4. The van der Waals surface area contributed by atoms with Crippen molar-refractivity contribution in [2.75, 3.05) is 5.32 Å². The normalized spacial score (nSPS) is 12.4. The number of carbonyl (C=O) groups excluding carboxylic acids is 1. The summed E-state index contributed by atoms with van der Waals surface area (Å²) in [6.07, 6.45) is -4.57. The molecule has 1 aromatic rings. The zero-order valence-electron chi connectivity index (χ0n) is 9.85. The Hall–Kier alpha value is -1.52. The Morgan fingerprint density at radius 1 is 1.12 bits per heavy atom. The number of halogens is 3. The number of hydrogen-bond acceptors (Lipinski definition) is 1. The van der Waals surface area contributed by atoms with Gasteiger partial charge in [0.15, 0.2) is 0 Å². The lowest BCUT2D eigenvalue weighted by Crippen LogP contribution is -2.43. The van der Waals surface area contributed by atoms with Crippen molar-refractivity contribution in [1.29, 1.82) is 0 Å². The third kappa shape index (κ3) is 2.99. The third-order valence-electron chi connectivity index (χ3n) is 2.59. The standard InChI is InChI=1S/C12H14F3NO/c1-8-4-6-9(7-5-8)16-10(17)11(2,3)12(13,14)15/h4-7H,1-3H3,(H,16,17). The molecule has 1 N–H and O–H groups in total. The maximum Gasteiger partial charge on any atom is 0.402 e. The number of alkyl halides is 3. The van der Waals surface area contributed by atoms with Crippen LogP contribution in [0, 0.1) is 12.3 Å². The fourth-order valence-electron chi connectivity index (χ4n) is 1.05. The monoisotopic (exact) mass is 245 g/mol. The van der Waals surface area contributed by atoms with Crippen LogP contribution in [0.15, 0.2) is 24.3 Å². The number of anilines is 1. The number of hydrogen-bond donors (Lipinski definition) is 1. The molecule has 0 aliphatic carbocycles. The van der Waals surface area contributed by atoms with Crippen molar-refractivity contribution in [3.05, 3.63) is 29.8 Å². The fraction of sp³-hybridized carbons (Fsp3) is 0.417. The first kappa shape index (κ1) is 13.5. The number of benzene rings is 1. The van der Waals surface area contributed by atoms with Gasteiger partial charge in [-0.15, -0.1) is 0 Å². The van der Waals surface area contributed by atoms with Crippen LogP contribution in [0.4, 0.5) is 18.9 Å². The summed E-state index contributed by atoms with van der Waals surface area (Å²) in [4.78, 5) is 11.5. The molecule has 94 valence electrons. The van der Waals surface area contributed by atoms with Crippen molar-refractivity contribution >= 4 is 11.6 Å². The van der Waals surface area contributed by atoms with E-state index in [4.69, 9.17) is 0 Å². The summed E-state index contributed by atoms with van der Waals surface area (Å²) in [6.45, 7) is 3.57. The average molecular weight is 245 g/mol.